The van der Waals surface area contributed by atoms with Crippen LogP contribution in [-0.2, 0) is 16.1 Å². The number of carboxylic acids is 1. The van der Waals surface area contributed by atoms with Crippen molar-refractivity contribution in [1.29, 1.82) is 0 Å². The van der Waals surface area contributed by atoms with Gasteiger partial charge in [-0.2, -0.15) is 0 Å². The molecule has 4 heteroatoms. The van der Waals surface area contributed by atoms with Gasteiger partial charge in [-0.15, -0.1) is 0 Å². The van der Waals surface area contributed by atoms with E-state index >= 15 is 0 Å². The van der Waals surface area contributed by atoms with Gasteiger partial charge in [0.1, 0.15) is 0 Å². The van der Waals surface area contributed by atoms with Gasteiger partial charge >= 0.3 is 5.97 Å². The first-order valence-electron chi connectivity index (χ1n) is 7.17. The number of benzene rings is 1. The molecule has 4 nitrogen and oxygen atoms in total. The van der Waals surface area contributed by atoms with Gasteiger partial charge in [-0.3, -0.25) is 4.79 Å². The van der Waals surface area contributed by atoms with Crippen LogP contribution >= 0.6 is 0 Å². The largest absolute Gasteiger partial charge is 0.478 e. The molecule has 21 heavy (non-hydrogen) atoms. The molecule has 1 aromatic rings. The standard InChI is InChI=1S/C17H21NO3/c1-11-5-4-6-14(9-11)10-18(15-7-8-15)16(19)12(2)13(3)17(20)21/h4-6,9,15H,7-8,10H2,1-3H3,(H,20,21). The maximum absolute atomic E-state index is 12.6. The van der Waals surface area contributed by atoms with E-state index in [1.54, 1.807) is 11.8 Å². The van der Waals surface area contributed by atoms with Gasteiger partial charge in [-0.1, -0.05) is 29.8 Å². The maximum atomic E-state index is 12.6. The van der Waals surface area contributed by atoms with Gasteiger partial charge in [-0.25, -0.2) is 4.79 Å². The summed E-state index contributed by atoms with van der Waals surface area (Å²) in [7, 11) is 0. The molecule has 0 heterocycles. The number of nitrogens with zero attached hydrogens (tertiary/aromatic N) is 1. The molecule has 1 amide bonds. The normalized spacial score (nSPS) is 15.4. The van der Waals surface area contributed by atoms with Crippen LogP contribution < -0.4 is 0 Å². The Morgan fingerprint density at radius 3 is 2.43 bits per heavy atom. The van der Waals surface area contributed by atoms with Crippen LogP contribution in [0.15, 0.2) is 35.4 Å². The maximum Gasteiger partial charge on any atom is 0.331 e. The highest BCUT2D eigenvalue weighted by molar-refractivity contribution is 6.01. The molecule has 1 N–H and O–H groups in total. The fraction of sp³-hybridized carbons (Fsp3) is 0.412. The Bertz CT molecular complexity index is 600. The molecule has 1 aromatic carbocycles. The van der Waals surface area contributed by atoms with Crippen LogP contribution in [0.4, 0.5) is 0 Å². The minimum atomic E-state index is -1.04. The molecular formula is C17H21NO3. The van der Waals surface area contributed by atoms with E-state index in [9.17, 15) is 9.59 Å². The van der Waals surface area contributed by atoms with Crippen LogP contribution in [0.1, 0.15) is 37.8 Å². The summed E-state index contributed by atoms with van der Waals surface area (Å²) in [5, 5.41) is 9.03. The molecule has 0 unspecified atom stereocenters. The van der Waals surface area contributed by atoms with Crippen molar-refractivity contribution in [3.05, 3.63) is 46.5 Å². The SMILES string of the molecule is CC(C(=O)O)=C(C)C(=O)N(Cc1cccc(C)c1)C1CC1. The Hall–Kier alpha value is -2.10. The third kappa shape index (κ3) is 3.72. The quantitative estimate of drug-likeness (QED) is 0.847. The predicted octanol–water partition coefficient (Wildman–Crippen LogP) is 2.91. The first-order valence-corrected chi connectivity index (χ1v) is 7.17. The lowest BCUT2D eigenvalue weighted by Gasteiger charge is -2.23. The smallest absolute Gasteiger partial charge is 0.331 e. The first kappa shape index (κ1) is 15.3. The van der Waals surface area contributed by atoms with Gasteiger partial charge in [0.25, 0.3) is 5.91 Å². The molecular weight excluding hydrogens is 266 g/mol. The van der Waals surface area contributed by atoms with Crippen LogP contribution in [0.3, 0.4) is 0 Å². The summed E-state index contributed by atoms with van der Waals surface area (Å²) in [6.45, 7) is 5.63. The Morgan fingerprint density at radius 1 is 1.24 bits per heavy atom. The Kier molecular flexibility index (Phi) is 4.46. The number of aryl methyl sites for hydroxylation is 1. The molecule has 2 rings (SSSR count). The average Bonchev–Trinajstić information content (AvgIpc) is 3.27. The number of hydrogen-bond acceptors (Lipinski definition) is 2. The molecule has 1 aliphatic rings. The van der Waals surface area contributed by atoms with Gasteiger partial charge in [0.2, 0.25) is 0 Å². The topological polar surface area (TPSA) is 57.6 Å². The summed E-state index contributed by atoms with van der Waals surface area (Å²) >= 11 is 0. The summed E-state index contributed by atoms with van der Waals surface area (Å²) in [4.78, 5) is 25.4. The van der Waals surface area contributed by atoms with E-state index in [1.807, 2.05) is 25.1 Å². The lowest BCUT2D eigenvalue weighted by Crippen LogP contribution is -2.34. The zero-order valence-corrected chi connectivity index (χ0v) is 12.7. The summed E-state index contributed by atoms with van der Waals surface area (Å²) in [5.41, 5.74) is 2.68. The molecule has 0 bridgehead atoms. The van der Waals surface area contributed by atoms with E-state index in [1.165, 1.54) is 6.92 Å². The van der Waals surface area contributed by atoms with Crippen molar-refractivity contribution >= 4 is 11.9 Å². The Labute approximate surface area is 125 Å². The monoisotopic (exact) mass is 287 g/mol. The van der Waals surface area contributed by atoms with Crippen LogP contribution in [-0.4, -0.2) is 27.9 Å². The molecule has 0 aromatic heterocycles. The predicted molar refractivity (Wildman–Crippen MR) is 80.8 cm³/mol. The highest BCUT2D eigenvalue weighted by atomic mass is 16.4. The van der Waals surface area contributed by atoms with Gasteiger partial charge in [0, 0.05) is 23.7 Å². The highest BCUT2D eigenvalue weighted by Crippen LogP contribution is 2.30. The number of aliphatic carboxylic acids is 1. The van der Waals surface area contributed by atoms with Crippen molar-refractivity contribution in [2.24, 2.45) is 0 Å². The molecule has 0 saturated heterocycles. The van der Waals surface area contributed by atoms with Crippen LogP contribution in [0.5, 0.6) is 0 Å². The van der Waals surface area contributed by atoms with Crippen molar-refractivity contribution in [2.75, 3.05) is 0 Å². The third-order valence-electron chi connectivity index (χ3n) is 3.89. The molecule has 1 fully saturated rings. The van der Waals surface area contributed by atoms with Crippen molar-refractivity contribution < 1.29 is 14.7 Å². The second-order valence-corrected chi connectivity index (χ2v) is 5.71. The molecule has 1 saturated carbocycles. The van der Waals surface area contributed by atoms with Gasteiger partial charge < -0.3 is 10.0 Å². The number of carbonyl (C=O) groups excluding carboxylic acids is 1. The van der Waals surface area contributed by atoms with Gasteiger partial charge in [0.15, 0.2) is 0 Å². The van der Waals surface area contributed by atoms with E-state index < -0.39 is 5.97 Å². The van der Waals surface area contributed by atoms with Crippen molar-refractivity contribution in [3.63, 3.8) is 0 Å². The number of rotatable bonds is 5. The van der Waals surface area contributed by atoms with E-state index in [2.05, 4.69) is 6.07 Å². The van der Waals surface area contributed by atoms with E-state index in [0.717, 1.165) is 24.0 Å². The number of hydrogen-bond donors (Lipinski definition) is 1. The van der Waals surface area contributed by atoms with E-state index in [0.29, 0.717) is 12.1 Å². The van der Waals surface area contributed by atoms with E-state index in [4.69, 9.17) is 5.11 Å². The number of amides is 1. The zero-order chi connectivity index (χ0) is 15.6. The van der Waals surface area contributed by atoms with Crippen molar-refractivity contribution in [2.45, 2.75) is 46.2 Å². The van der Waals surface area contributed by atoms with Crippen LogP contribution in [0.2, 0.25) is 0 Å². The zero-order valence-electron chi connectivity index (χ0n) is 12.7. The fourth-order valence-electron chi connectivity index (χ4n) is 2.30. The molecule has 0 radical (unpaired) electrons. The minimum Gasteiger partial charge on any atom is -0.478 e. The third-order valence-corrected chi connectivity index (χ3v) is 3.89. The Balaban J connectivity index is 2.22. The van der Waals surface area contributed by atoms with Gasteiger partial charge in [-0.05, 0) is 39.2 Å². The lowest BCUT2D eigenvalue weighted by atomic mass is 10.1. The lowest BCUT2D eigenvalue weighted by molar-refractivity contribution is -0.134. The minimum absolute atomic E-state index is 0.120. The van der Waals surface area contributed by atoms with Crippen molar-refractivity contribution in [1.82, 2.24) is 4.90 Å². The van der Waals surface area contributed by atoms with Gasteiger partial charge in [0.05, 0.1) is 0 Å². The highest BCUT2D eigenvalue weighted by Gasteiger charge is 2.33. The molecule has 0 aliphatic heterocycles. The van der Waals surface area contributed by atoms with Crippen molar-refractivity contribution in [3.8, 4) is 0 Å². The van der Waals surface area contributed by atoms with Crippen LogP contribution in [0.25, 0.3) is 0 Å². The molecule has 0 spiro atoms. The Morgan fingerprint density at radius 2 is 1.90 bits per heavy atom. The second kappa shape index (κ2) is 6.12. The molecule has 1 aliphatic carbocycles. The summed E-state index contributed by atoms with van der Waals surface area (Å²) in [6, 6.07) is 8.30. The number of carbonyl (C=O) groups is 2. The molecule has 112 valence electrons. The molecule has 0 atom stereocenters. The summed E-state index contributed by atoms with van der Waals surface area (Å²) in [5.74, 6) is -1.20. The summed E-state index contributed by atoms with van der Waals surface area (Å²) in [6.07, 6.45) is 1.99. The summed E-state index contributed by atoms with van der Waals surface area (Å²) < 4.78 is 0. The number of carboxylic acid groups (broad SMARTS) is 1. The second-order valence-electron chi connectivity index (χ2n) is 5.71. The average molecular weight is 287 g/mol. The first-order chi connectivity index (χ1) is 9.90. The van der Waals surface area contributed by atoms with Crippen LogP contribution in [0, 0.1) is 6.92 Å². The fourth-order valence-corrected chi connectivity index (χ4v) is 2.30. The van der Waals surface area contributed by atoms with E-state index in [-0.39, 0.29) is 17.5 Å².